The minimum absolute atomic E-state index is 0.0746. The molecule has 0 bridgehead atoms. The molecule has 1 aliphatic carbocycles. The van der Waals surface area contributed by atoms with Crippen LogP contribution in [0, 0.1) is 0 Å². The zero-order chi connectivity index (χ0) is 13.0. The standard InChI is InChI=1S/C11H18ClN5O/c1-13-9-14-8(12)15-10(16-9)17-11(7-18)5-3-2-4-6-11/h18H,2-7H2,1H3,(H2,13,14,15,16,17). The van der Waals surface area contributed by atoms with E-state index in [1.165, 1.54) is 6.42 Å². The molecule has 6 nitrogen and oxygen atoms in total. The second kappa shape index (κ2) is 5.67. The van der Waals surface area contributed by atoms with Crippen LogP contribution in [0.2, 0.25) is 5.28 Å². The highest BCUT2D eigenvalue weighted by Crippen LogP contribution is 2.30. The van der Waals surface area contributed by atoms with Crippen molar-refractivity contribution in [3.63, 3.8) is 0 Å². The number of rotatable bonds is 4. The summed E-state index contributed by atoms with van der Waals surface area (Å²) in [4.78, 5) is 12.2. The second-order valence-corrected chi connectivity index (χ2v) is 4.96. The van der Waals surface area contributed by atoms with E-state index in [1.54, 1.807) is 7.05 Å². The summed E-state index contributed by atoms with van der Waals surface area (Å²) in [6, 6.07) is 0. The van der Waals surface area contributed by atoms with E-state index in [2.05, 4.69) is 25.6 Å². The first-order valence-electron chi connectivity index (χ1n) is 6.16. The van der Waals surface area contributed by atoms with Crippen molar-refractivity contribution >= 4 is 23.5 Å². The van der Waals surface area contributed by atoms with E-state index in [4.69, 9.17) is 11.6 Å². The summed E-state index contributed by atoms with van der Waals surface area (Å²) in [5, 5.41) is 15.8. The second-order valence-electron chi connectivity index (χ2n) is 4.63. The molecule has 1 saturated carbocycles. The normalized spacial score (nSPS) is 18.4. The smallest absolute Gasteiger partial charge is 0.229 e. The molecule has 100 valence electrons. The summed E-state index contributed by atoms with van der Waals surface area (Å²) in [5.74, 6) is 0.830. The first kappa shape index (κ1) is 13.3. The molecule has 0 aliphatic heterocycles. The van der Waals surface area contributed by atoms with Gasteiger partial charge in [0.05, 0.1) is 12.1 Å². The highest BCUT2D eigenvalue weighted by atomic mass is 35.5. The Morgan fingerprint density at radius 1 is 1.17 bits per heavy atom. The van der Waals surface area contributed by atoms with Gasteiger partial charge in [0.25, 0.3) is 0 Å². The Labute approximate surface area is 111 Å². The van der Waals surface area contributed by atoms with Gasteiger partial charge in [-0.05, 0) is 24.4 Å². The summed E-state index contributed by atoms with van der Waals surface area (Å²) >= 11 is 5.83. The Balaban J connectivity index is 2.18. The lowest BCUT2D eigenvalue weighted by Crippen LogP contribution is -2.44. The summed E-state index contributed by atoms with van der Waals surface area (Å²) < 4.78 is 0. The van der Waals surface area contributed by atoms with Crippen LogP contribution in [0.15, 0.2) is 0 Å². The number of hydrogen-bond acceptors (Lipinski definition) is 6. The molecule has 2 rings (SSSR count). The minimum atomic E-state index is -0.325. The van der Waals surface area contributed by atoms with Crippen LogP contribution in [-0.2, 0) is 0 Å². The predicted molar refractivity (Wildman–Crippen MR) is 70.9 cm³/mol. The first-order chi connectivity index (χ1) is 8.67. The molecular formula is C11H18ClN5O. The van der Waals surface area contributed by atoms with Crippen molar-refractivity contribution in [3.8, 4) is 0 Å². The third-order valence-corrected chi connectivity index (χ3v) is 3.49. The topological polar surface area (TPSA) is 83.0 Å². The molecule has 0 radical (unpaired) electrons. The fourth-order valence-electron chi connectivity index (χ4n) is 2.31. The quantitative estimate of drug-likeness (QED) is 0.773. The molecule has 0 aromatic carbocycles. The van der Waals surface area contributed by atoms with Crippen LogP contribution in [0.25, 0.3) is 0 Å². The SMILES string of the molecule is CNc1nc(Cl)nc(NC2(CO)CCCCC2)n1. The van der Waals surface area contributed by atoms with Crippen LogP contribution in [0.5, 0.6) is 0 Å². The minimum Gasteiger partial charge on any atom is -0.394 e. The molecule has 1 aliphatic rings. The average molecular weight is 272 g/mol. The highest BCUT2D eigenvalue weighted by molar-refractivity contribution is 6.28. The molecule has 3 N–H and O–H groups in total. The average Bonchev–Trinajstić information content (AvgIpc) is 2.39. The lowest BCUT2D eigenvalue weighted by Gasteiger charge is -2.36. The van der Waals surface area contributed by atoms with Gasteiger partial charge in [0.2, 0.25) is 17.2 Å². The van der Waals surface area contributed by atoms with E-state index >= 15 is 0 Å². The van der Waals surface area contributed by atoms with Crippen molar-refractivity contribution in [2.75, 3.05) is 24.3 Å². The van der Waals surface area contributed by atoms with Crippen molar-refractivity contribution in [1.82, 2.24) is 15.0 Å². The molecule has 0 spiro atoms. The molecule has 1 heterocycles. The first-order valence-corrected chi connectivity index (χ1v) is 6.54. The molecule has 0 atom stereocenters. The predicted octanol–water partition coefficient (Wildman–Crippen LogP) is 1.67. The molecule has 18 heavy (non-hydrogen) atoms. The number of aromatic nitrogens is 3. The molecule has 0 amide bonds. The van der Waals surface area contributed by atoms with Gasteiger partial charge < -0.3 is 15.7 Å². The molecule has 1 aromatic rings. The maximum atomic E-state index is 9.62. The zero-order valence-corrected chi connectivity index (χ0v) is 11.2. The van der Waals surface area contributed by atoms with E-state index in [9.17, 15) is 5.11 Å². The van der Waals surface area contributed by atoms with E-state index in [0.717, 1.165) is 25.7 Å². The Hall–Kier alpha value is -1.14. The van der Waals surface area contributed by atoms with Crippen molar-refractivity contribution in [1.29, 1.82) is 0 Å². The number of aliphatic hydroxyl groups is 1. The number of nitrogens with one attached hydrogen (secondary N) is 2. The van der Waals surface area contributed by atoms with Gasteiger partial charge in [0.1, 0.15) is 0 Å². The largest absolute Gasteiger partial charge is 0.394 e. The van der Waals surface area contributed by atoms with Crippen LogP contribution in [0.1, 0.15) is 32.1 Å². The van der Waals surface area contributed by atoms with Crippen LogP contribution < -0.4 is 10.6 Å². The van der Waals surface area contributed by atoms with Crippen molar-refractivity contribution in [2.24, 2.45) is 0 Å². The number of anilines is 2. The van der Waals surface area contributed by atoms with Crippen molar-refractivity contribution in [2.45, 2.75) is 37.6 Å². The van der Waals surface area contributed by atoms with Gasteiger partial charge in [-0.1, -0.05) is 19.3 Å². The van der Waals surface area contributed by atoms with Gasteiger partial charge in [0, 0.05) is 7.05 Å². The van der Waals surface area contributed by atoms with Gasteiger partial charge in [-0.2, -0.15) is 15.0 Å². The molecule has 1 fully saturated rings. The summed E-state index contributed by atoms with van der Waals surface area (Å²) in [5.41, 5.74) is -0.325. The number of halogens is 1. The van der Waals surface area contributed by atoms with E-state index in [-0.39, 0.29) is 17.4 Å². The third kappa shape index (κ3) is 3.00. The van der Waals surface area contributed by atoms with E-state index in [1.807, 2.05) is 0 Å². The van der Waals surface area contributed by atoms with Gasteiger partial charge in [0.15, 0.2) is 0 Å². The molecule has 7 heteroatoms. The number of aliphatic hydroxyl groups excluding tert-OH is 1. The molecular weight excluding hydrogens is 254 g/mol. The zero-order valence-electron chi connectivity index (χ0n) is 10.4. The molecule has 1 aromatic heterocycles. The van der Waals surface area contributed by atoms with Gasteiger partial charge in [-0.3, -0.25) is 0 Å². The molecule has 0 saturated heterocycles. The van der Waals surface area contributed by atoms with Crippen molar-refractivity contribution < 1.29 is 5.11 Å². The number of nitrogens with zero attached hydrogens (tertiary/aromatic N) is 3. The maximum Gasteiger partial charge on any atom is 0.229 e. The Morgan fingerprint density at radius 2 is 1.83 bits per heavy atom. The highest BCUT2D eigenvalue weighted by Gasteiger charge is 2.32. The summed E-state index contributed by atoms with van der Waals surface area (Å²) in [7, 11) is 1.72. The van der Waals surface area contributed by atoms with Gasteiger partial charge in [-0.15, -0.1) is 0 Å². The number of hydrogen-bond donors (Lipinski definition) is 3. The van der Waals surface area contributed by atoms with Crippen LogP contribution >= 0.6 is 11.6 Å². The lowest BCUT2D eigenvalue weighted by molar-refractivity contribution is 0.172. The van der Waals surface area contributed by atoms with Crippen LogP contribution in [-0.4, -0.2) is 39.3 Å². The van der Waals surface area contributed by atoms with Gasteiger partial charge >= 0.3 is 0 Å². The van der Waals surface area contributed by atoms with Crippen LogP contribution in [0.3, 0.4) is 0 Å². The van der Waals surface area contributed by atoms with Crippen LogP contribution in [0.4, 0.5) is 11.9 Å². The fourth-order valence-corrected chi connectivity index (χ4v) is 2.47. The fraction of sp³-hybridized carbons (Fsp3) is 0.727. The van der Waals surface area contributed by atoms with Gasteiger partial charge in [-0.25, -0.2) is 0 Å². The Morgan fingerprint density at radius 3 is 2.44 bits per heavy atom. The monoisotopic (exact) mass is 271 g/mol. The third-order valence-electron chi connectivity index (χ3n) is 3.32. The molecule has 0 unspecified atom stereocenters. The maximum absolute atomic E-state index is 9.62. The Kier molecular flexibility index (Phi) is 4.19. The van der Waals surface area contributed by atoms with Crippen molar-refractivity contribution in [3.05, 3.63) is 5.28 Å². The van der Waals surface area contributed by atoms with E-state index in [0.29, 0.717) is 11.9 Å². The lowest BCUT2D eigenvalue weighted by atomic mass is 9.82. The Bertz CT molecular complexity index is 408. The van der Waals surface area contributed by atoms with E-state index < -0.39 is 0 Å². The summed E-state index contributed by atoms with van der Waals surface area (Å²) in [6.45, 7) is 0.0746. The summed E-state index contributed by atoms with van der Waals surface area (Å²) in [6.07, 6.45) is 5.25.